The van der Waals surface area contributed by atoms with Crippen LogP contribution in [0.2, 0.25) is 0 Å². The maximum Gasteiger partial charge on any atom is 0.406 e. The molecule has 0 amide bonds. The van der Waals surface area contributed by atoms with Crippen molar-refractivity contribution in [3.8, 4) is 0 Å². The van der Waals surface area contributed by atoms with Gasteiger partial charge in [0.25, 0.3) is 5.56 Å². The lowest BCUT2D eigenvalue weighted by Gasteiger charge is -2.10. The lowest BCUT2D eigenvalue weighted by Crippen LogP contribution is -2.27. The van der Waals surface area contributed by atoms with Gasteiger partial charge in [0.2, 0.25) is 0 Å². The molecule has 17 heavy (non-hydrogen) atoms. The first kappa shape index (κ1) is 12.0. The second kappa shape index (κ2) is 4.10. The van der Waals surface area contributed by atoms with Crippen LogP contribution in [0, 0.1) is 0 Å². The average Bonchev–Trinajstić information content (AvgIpc) is 2.21. The van der Waals surface area contributed by atoms with E-state index in [4.69, 9.17) is 0 Å². The summed E-state index contributed by atoms with van der Waals surface area (Å²) in [5.74, 6) is 0. The van der Waals surface area contributed by atoms with Gasteiger partial charge >= 0.3 is 6.18 Å². The van der Waals surface area contributed by atoms with Gasteiger partial charge in [0, 0.05) is 16.5 Å². The van der Waals surface area contributed by atoms with Gasteiger partial charge in [0.05, 0.1) is 0 Å². The van der Waals surface area contributed by atoms with Crippen molar-refractivity contribution in [3.63, 3.8) is 0 Å². The van der Waals surface area contributed by atoms with Gasteiger partial charge in [-0.25, -0.2) is 0 Å². The fourth-order valence-corrected chi connectivity index (χ4v) is 1.79. The van der Waals surface area contributed by atoms with Crippen LogP contribution >= 0.6 is 12.6 Å². The molecule has 0 fully saturated rings. The SMILES string of the molecule is O=c1c2cc(S)ccc2ccn1CC(F)(F)F. The van der Waals surface area contributed by atoms with Gasteiger partial charge in [-0.15, -0.1) is 12.6 Å². The number of hydrogen-bond acceptors (Lipinski definition) is 2. The van der Waals surface area contributed by atoms with Crippen molar-refractivity contribution in [2.75, 3.05) is 0 Å². The molecule has 0 unspecified atom stereocenters. The van der Waals surface area contributed by atoms with Crippen molar-refractivity contribution in [1.82, 2.24) is 4.57 Å². The Morgan fingerprint density at radius 3 is 2.59 bits per heavy atom. The Morgan fingerprint density at radius 2 is 1.94 bits per heavy atom. The Bertz CT molecular complexity index is 618. The van der Waals surface area contributed by atoms with Crippen LogP contribution in [0.1, 0.15) is 0 Å². The lowest BCUT2D eigenvalue weighted by molar-refractivity contribution is -0.141. The molecule has 0 aliphatic heterocycles. The van der Waals surface area contributed by atoms with E-state index < -0.39 is 18.3 Å². The quantitative estimate of drug-likeness (QED) is 0.781. The highest BCUT2D eigenvalue weighted by Gasteiger charge is 2.28. The number of pyridine rings is 1. The molecule has 6 heteroatoms. The molecule has 0 N–H and O–H groups in total. The van der Waals surface area contributed by atoms with Crippen molar-refractivity contribution in [2.45, 2.75) is 17.6 Å². The highest BCUT2D eigenvalue weighted by atomic mass is 32.1. The number of hydrogen-bond donors (Lipinski definition) is 1. The fourth-order valence-electron chi connectivity index (χ4n) is 1.59. The van der Waals surface area contributed by atoms with Crippen LogP contribution in [-0.4, -0.2) is 10.7 Å². The fraction of sp³-hybridized carbons (Fsp3) is 0.182. The van der Waals surface area contributed by atoms with Gasteiger partial charge < -0.3 is 4.57 Å². The molecular weight excluding hydrogens is 251 g/mol. The van der Waals surface area contributed by atoms with Crippen LogP contribution in [0.25, 0.3) is 10.8 Å². The minimum atomic E-state index is -4.41. The molecule has 0 radical (unpaired) electrons. The largest absolute Gasteiger partial charge is 0.406 e. The number of halogens is 3. The summed E-state index contributed by atoms with van der Waals surface area (Å²) in [5.41, 5.74) is -0.657. The molecule has 1 aromatic carbocycles. The molecular formula is C11H8F3NOS. The monoisotopic (exact) mass is 259 g/mol. The van der Waals surface area contributed by atoms with Crippen molar-refractivity contribution in [2.24, 2.45) is 0 Å². The van der Waals surface area contributed by atoms with E-state index in [9.17, 15) is 18.0 Å². The van der Waals surface area contributed by atoms with E-state index in [1.807, 2.05) is 0 Å². The molecule has 0 aliphatic rings. The van der Waals surface area contributed by atoms with Gasteiger partial charge in [-0.3, -0.25) is 4.79 Å². The average molecular weight is 259 g/mol. The third kappa shape index (κ3) is 2.63. The van der Waals surface area contributed by atoms with Crippen LogP contribution in [0.5, 0.6) is 0 Å². The predicted octanol–water partition coefficient (Wildman–Crippen LogP) is 2.85. The number of nitrogens with zero attached hydrogens (tertiary/aromatic N) is 1. The van der Waals surface area contributed by atoms with Crippen LogP contribution in [0.15, 0.2) is 40.2 Å². The molecule has 0 bridgehead atoms. The van der Waals surface area contributed by atoms with E-state index in [0.717, 1.165) is 6.20 Å². The summed E-state index contributed by atoms with van der Waals surface area (Å²) in [6.45, 7) is -1.28. The molecule has 90 valence electrons. The van der Waals surface area contributed by atoms with Crippen molar-refractivity contribution >= 4 is 23.4 Å². The maximum atomic E-state index is 12.2. The zero-order valence-corrected chi connectivity index (χ0v) is 9.42. The van der Waals surface area contributed by atoms with Crippen LogP contribution in [0.3, 0.4) is 0 Å². The van der Waals surface area contributed by atoms with Crippen LogP contribution in [-0.2, 0) is 6.54 Å². The van der Waals surface area contributed by atoms with Crippen molar-refractivity contribution in [3.05, 3.63) is 40.8 Å². The van der Waals surface area contributed by atoms with Crippen molar-refractivity contribution < 1.29 is 13.2 Å². The summed E-state index contributed by atoms with van der Waals surface area (Å²) in [4.78, 5) is 12.3. The molecule has 2 rings (SSSR count). The van der Waals surface area contributed by atoms with E-state index in [1.165, 1.54) is 12.1 Å². The summed E-state index contributed by atoms with van der Waals surface area (Å²) in [6.07, 6.45) is -3.26. The highest BCUT2D eigenvalue weighted by molar-refractivity contribution is 7.80. The molecule has 0 saturated carbocycles. The molecule has 1 heterocycles. The van der Waals surface area contributed by atoms with Gasteiger partial charge in [-0.2, -0.15) is 13.2 Å². The van der Waals surface area contributed by atoms with E-state index in [1.54, 1.807) is 12.1 Å². The number of alkyl halides is 3. The summed E-state index contributed by atoms with van der Waals surface area (Å²) < 4.78 is 37.3. The Labute approximate surface area is 100 Å². The summed E-state index contributed by atoms with van der Waals surface area (Å²) >= 11 is 4.06. The Balaban J connectivity index is 2.61. The van der Waals surface area contributed by atoms with Gasteiger partial charge in [-0.1, -0.05) is 6.07 Å². The number of benzene rings is 1. The van der Waals surface area contributed by atoms with Crippen molar-refractivity contribution in [1.29, 1.82) is 0 Å². The molecule has 0 atom stereocenters. The van der Waals surface area contributed by atoms with E-state index in [0.29, 0.717) is 14.8 Å². The number of aromatic nitrogens is 1. The molecule has 0 aliphatic carbocycles. The molecule has 1 aromatic heterocycles. The Kier molecular flexibility index (Phi) is 2.91. The topological polar surface area (TPSA) is 22.0 Å². The second-order valence-electron chi connectivity index (χ2n) is 3.64. The molecule has 0 saturated heterocycles. The smallest absolute Gasteiger partial charge is 0.306 e. The van der Waals surface area contributed by atoms with Gasteiger partial charge in [-0.05, 0) is 23.6 Å². The number of rotatable bonds is 1. The minimum Gasteiger partial charge on any atom is -0.306 e. The Hall–Kier alpha value is -1.43. The number of thiol groups is 1. The second-order valence-corrected chi connectivity index (χ2v) is 4.15. The van der Waals surface area contributed by atoms with Crippen LogP contribution < -0.4 is 5.56 Å². The molecule has 2 nitrogen and oxygen atoms in total. The Morgan fingerprint density at radius 1 is 1.24 bits per heavy atom. The minimum absolute atomic E-state index is 0.240. The number of fused-ring (bicyclic) bond motifs is 1. The third-order valence-electron chi connectivity index (χ3n) is 2.31. The van der Waals surface area contributed by atoms with E-state index >= 15 is 0 Å². The summed E-state index contributed by atoms with van der Waals surface area (Å²) in [5, 5.41) is 0.843. The first-order chi connectivity index (χ1) is 7.87. The predicted molar refractivity (Wildman–Crippen MR) is 61.5 cm³/mol. The van der Waals surface area contributed by atoms with E-state index in [-0.39, 0.29) is 5.39 Å². The highest BCUT2D eigenvalue weighted by Crippen LogP contribution is 2.18. The van der Waals surface area contributed by atoms with Gasteiger partial charge in [0.1, 0.15) is 6.54 Å². The zero-order chi connectivity index (χ0) is 12.6. The maximum absolute atomic E-state index is 12.2. The standard InChI is InChI=1S/C11H8F3NOS/c12-11(13,14)6-15-4-3-7-1-2-8(17)5-9(7)10(15)16/h1-5,17H,6H2. The van der Waals surface area contributed by atoms with E-state index in [2.05, 4.69) is 12.6 Å². The molecule has 0 spiro atoms. The first-order valence-corrected chi connectivity index (χ1v) is 5.20. The summed E-state index contributed by atoms with van der Waals surface area (Å²) in [6, 6.07) is 6.28. The van der Waals surface area contributed by atoms with Crippen LogP contribution in [0.4, 0.5) is 13.2 Å². The summed E-state index contributed by atoms with van der Waals surface area (Å²) in [7, 11) is 0. The first-order valence-electron chi connectivity index (χ1n) is 4.76. The third-order valence-corrected chi connectivity index (χ3v) is 2.59. The lowest BCUT2D eigenvalue weighted by atomic mass is 10.2. The zero-order valence-electron chi connectivity index (χ0n) is 8.53. The van der Waals surface area contributed by atoms with Gasteiger partial charge in [0.15, 0.2) is 0 Å². The normalized spacial score (nSPS) is 12.0. The molecule has 2 aromatic rings.